The highest BCUT2D eigenvalue weighted by Crippen LogP contribution is 2.07. The first-order valence-corrected chi connectivity index (χ1v) is 5.95. The summed E-state index contributed by atoms with van der Waals surface area (Å²) in [5.74, 6) is 0.209. The van der Waals surface area contributed by atoms with Crippen molar-refractivity contribution in [3.05, 3.63) is 35.9 Å². The van der Waals surface area contributed by atoms with Crippen LogP contribution in [0.15, 0.2) is 30.3 Å². The minimum absolute atomic E-state index is 0.0412. The molecule has 1 aliphatic heterocycles. The van der Waals surface area contributed by atoms with Crippen LogP contribution in [0.2, 0.25) is 0 Å². The van der Waals surface area contributed by atoms with Crippen LogP contribution in [0.5, 0.6) is 0 Å². The Morgan fingerprint density at radius 3 is 2.83 bits per heavy atom. The average Bonchev–Trinajstić information content (AvgIpc) is 2.81. The van der Waals surface area contributed by atoms with E-state index in [0.717, 1.165) is 5.56 Å². The molecule has 1 aromatic rings. The van der Waals surface area contributed by atoms with E-state index in [1.165, 1.54) is 0 Å². The number of alkyl carbamates (subject to hydrolysis) is 1. The Hall–Kier alpha value is -2.04. The van der Waals surface area contributed by atoms with E-state index in [1.807, 2.05) is 30.3 Å². The van der Waals surface area contributed by atoms with E-state index in [-0.39, 0.29) is 18.4 Å². The molecule has 1 unspecified atom stereocenters. The van der Waals surface area contributed by atoms with Gasteiger partial charge in [0.2, 0.25) is 5.91 Å². The van der Waals surface area contributed by atoms with Crippen LogP contribution >= 0.6 is 0 Å². The van der Waals surface area contributed by atoms with Gasteiger partial charge in [-0.1, -0.05) is 30.3 Å². The van der Waals surface area contributed by atoms with Gasteiger partial charge < -0.3 is 15.4 Å². The van der Waals surface area contributed by atoms with E-state index in [9.17, 15) is 9.59 Å². The summed E-state index contributed by atoms with van der Waals surface area (Å²) in [5.41, 5.74) is 0.949. The largest absolute Gasteiger partial charge is 0.445 e. The van der Waals surface area contributed by atoms with Gasteiger partial charge in [0.15, 0.2) is 0 Å². The summed E-state index contributed by atoms with van der Waals surface area (Å²) in [6.07, 6.45) is 0.0251. The maximum absolute atomic E-state index is 11.4. The molecule has 1 heterocycles. The summed E-state index contributed by atoms with van der Waals surface area (Å²) in [6.45, 7) is 1.35. The van der Waals surface area contributed by atoms with Crippen molar-refractivity contribution in [2.75, 3.05) is 13.1 Å². The smallest absolute Gasteiger partial charge is 0.407 e. The molecular formula is C13H16N2O3. The lowest BCUT2D eigenvalue weighted by atomic mass is 10.1. The number of carbonyl (C=O) groups excluding carboxylic acids is 2. The molecule has 5 heteroatoms. The van der Waals surface area contributed by atoms with Crippen molar-refractivity contribution in [2.24, 2.45) is 5.92 Å². The van der Waals surface area contributed by atoms with Gasteiger partial charge in [0, 0.05) is 25.4 Å². The van der Waals surface area contributed by atoms with Crippen molar-refractivity contribution < 1.29 is 14.3 Å². The van der Waals surface area contributed by atoms with Gasteiger partial charge >= 0.3 is 6.09 Å². The average molecular weight is 248 g/mol. The van der Waals surface area contributed by atoms with Crippen LogP contribution < -0.4 is 10.6 Å². The Labute approximate surface area is 106 Å². The predicted octanol–water partition coefficient (Wildman–Crippen LogP) is 1.05. The monoisotopic (exact) mass is 248 g/mol. The van der Waals surface area contributed by atoms with E-state index in [0.29, 0.717) is 19.5 Å². The molecule has 0 saturated carbocycles. The van der Waals surface area contributed by atoms with Crippen molar-refractivity contribution >= 4 is 12.0 Å². The summed E-state index contributed by atoms with van der Waals surface area (Å²) in [7, 11) is 0. The normalized spacial score (nSPS) is 18.2. The molecule has 5 nitrogen and oxygen atoms in total. The Bertz CT molecular complexity index is 420. The van der Waals surface area contributed by atoms with E-state index in [2.05, 4.69) is 10.6 Å². The number of ether oxygens (including phenoxy) is 1. The van der Waals surface area contributed by atoms with Gasteiger partial charge in [-0.25, -0.2) is 4.79 Å². The fourth-order valence-electron chi connectivity index (χ4n) is 1.81. The first-order valence-electron chi connectivity index (χ1n) is 5.95. The topological polar surface area (TPSA) is 67.4 Å². The molecule has 1 aliphatic rings. The van der Waals surface area contributed by atoms with Gasteiger partial charge in [-0.15, -0.1) is 0 Å². The molecule has 96 valence electrons. The predicted molar refractivity (Wildman–Crippen MR) is 65.7 cm³/mol. The quantitative estimate of drug-likeness (QED) is 0.837. The van der Waals surface area contributed by atoms with Crippen molar-refractivity contribution in [3.63, 3.8) is 0 Å². The third kappa shape index (κ3) is 3.76. The van der Waals surface area contributed by atoms with E-state index in [1.54, 1.807) is 0 Å². The van der Waals surface area contributed by atoms with Crippen LogP contribution in [0.1, 0.15) is 12.0 Å². The summed E-state index contributed by atoms with van der Waals surface area (Å²) in [4.78, 5) is 22.4. The minimum atomic E-state index is -0.446. The zero-order valence-corrected chi connectivity index (χ0v) is 10.0. The molecule has 2 amide bonds. The maximum Gasteiger partial charge on any atom is 0.407 e. The summed E-state index contributed by atoms with van der Waals surface area (Å²) >= 11 is 0. The van der Waals surface area contributed by atoms with E-state index < -0.39 is 6.09 Å². The van der Waals surface area contributed by atoms with E-state index in [4.69, 9.17) is 4.74 Å². The van der Waals surface area contributed by atoms with Crippen LogP contribution in [0.25, 0.3) is 0 Å². The fraction of sp³-hybridized carbons (Fsp3) is 0.385. The van der Waals surface area contributed by atoms with Crippen LogP contribution in [-0.4, -0.2) is 25.1 Å². The molecule has 0 radical (unpaired) electrons. The Balaban J connectivity index is 1.65. The molecule has 1 fully saturated rings. The number of nitrogens with one attached hydrogen (secondary N) is 2. The molecule has 0 aromatic heterocycles. The summed E-state index contributed by atoms with van der Waals surface area (Å²) in [5, 5.41) is 5.38. The Morgan fingerprint density at radius 2 is 2.17 bits per heavy atom. The van der Waals surface area contributed by atoms with Gasteiger partial charge in [0.25, 0.3) is 0 Å². The van der Waals surface area contributed by atoms with Crippen molar-refractivity contribution in [1.82, 2.24) is 10.6 Å². The number of amides is 2. The Morgan fingerprint density at radius 1 is 1.39 bits per heavy atom. The number of hydrogen-bond acceptors (Lipinski definition) is 3. The minimum Gasteiger partial charge on any atom is -0.445 e. The Kier molecular flexibility index (Phi) is 4.17. The first kappa shape index (κ1) is 12.4. The van der Waals surface area contributed by atoms with Crippen LogP contribution in [0.4, 0.5) is 4.79 Å². The molecule has 0 bridgehead atoms. The molecule has 1 aromatic carbocycles. The zero-order valence-electron chi connectivity index (χ0n) is 10.0. The zero-order chi connectivity index (χ0) is 12.8. The molecule has 2 rings (SSSR count). The standard InChI is InChI=1S/C13H16N2O3/c16-12-6-11(7-14-12)8-15-13(17)18-9-10-4-2-1-3-5-10/h1-5,11H,6-9H2,(H,14,16)(H,15,17). The third-order valence-corrected chi connectivity index (χ3v) is 2.81. The lowest BCUT2D eigenvalue weighted by Gasteiger charge is -2.09. The van der Waals surface area contributed by atoms with Crippen LogP contribution in [-0.2, 0) is 16.1 Å². The van der Waals surface area contributed by atoms with Gasteiger partial charge in [-0.3, -0.25) is 4.79 Å². The number of carbonyl (C=O) groups is 2. The number of hydrogen-bond donors (Lipinski definition) is 2. The van der Waals surface area contributed by atoms with Crippen molar-refractivity contribution in [1.29, 1.82) is 0 Å². The fourth-order valence-corrected chi connectivity index (χ4v) is 1.81. The summed E-state index contributed by atoms with van der Waals surface area (Å²) in [6, 6.07) is 9.49. The molecule has 1 atom stereocenters. The second-order valence-electron chi connectivity index (χ2n) is 4.32. The van der Waals surface area contributed by atoms with Gasteiger partial charge in [-0.2, -0.15) is 0 Å². The van der Waals surface area contributed by atoms with Gasteiger partial charge in [-0.05, 0) is 5.56 Å². The molecule has 2 N–H and O–H groups in total. The van der Waals surface area contributed by atoms with Crippen LogP contribution in [0.3, 0.4) is 0 Å². The SMILES string of the molecule is O=C1CC(CNC(=O)OCc2ccccc2)CN1. The second-order valence-corrected chi connectivity index (χ2v) is 4.32. The number of benzene rings is 1. The van der Waals surface area contributed by atoms with Gasteiger partial charge in [0.05, 0.1) is 0 Å². The van der Waals surface area contributed by atoms with Crippen molar-refractivity contribution in [3.8, 4) is 0 Å². The lowest BCUT2D eigenvalue weighted by Crippen LogP contribution is -2.30. The first-order chi connectivity index (χ1) is 8.74. The maximum atomic E-state index is 11.4. The highest BCUT2D eigenvalue weighted by molar-refractivity contribution is 5.78. The van der Waals surface area contributed by atoms with Gasteiger partial charge in [0.1, 0.15) is 6.61 Å². The molecule has 1 saturated heterocycles. The third-order valence-electron chi connectivity index (χ3n) is 2.81. The number of rotatable bonds is 4. The highest BCUT2D eigenvalue weighted by atomic mass is 16.5. The molecule has 0 aliphatic carbocycles. The second kappa shape index (κ2) is 6.05. The summed E-state index contributed by atoms with van der Waals surface area (Å²) < 4.78 is 5.06. The van der Waals surface area contributed by atoms with E-state index >= 15 is 0 Å². The molecular weight excluding hydrogens is 232 g/mol. The molecule has 0 spiro atoms. The highest BCUT2D eigenvalue weighted by Gasteiger charge is 2.21. The van der Waals surface area contributed by atoms with Crippen molar-refractivity contribution in [2.45, 2.75) is 13.0 Å². The molecule has 18 heavy (non-hydrogen) atoms. The lowest BCUT2D eigenvalue weighted by molar-refractivity contribution is -0.119. The van der Waals surface area contributed by atoms with Crippen LogP contribution in [0, 0.1) is 5.92 Å².